The third kappa shape index (κ3) is 4.88. The number of nitrogens with two attached hydrogens (primary N) is 2. The summed E-state index contributed by atoms with van der Waals surface area (Å²) in [5.74, 6) is -1.79. The molecule has 6 N–H and O–H groups in total. The summed E-state index contributed by atoms with van der Waals surface area (Å²) in [5, 5.41) is 27.8. The summed E-state index contributed by atoms with van der Waals surface area (Å²) in [5.41, 5.74) is 9.68. The first kappa shape index (κ1) is 25.1. The van der Waals surface area contributed by atoms with E-state index in [4.69, 9.17) is 16.3 Å². The van der Waals surface area contributed by atoms with Crippen LogP contribution < -0.4 is 16.8 Å². The summed E-state index contributed by atoms with van der Waals surface area (Å²) in [6.07, 6.45) is 0. The Bertz CT molecular complexity index is 1160. The fraction of sp³-hybridized carbons (Fsp3) is 0.562. The van der Waals surface area contributed by atoms with Crippen molar-refractivity contribution in [2.75, 3.05) is 37.4 Å². The molecule has 2 fully saturated rings. The Labute approximate surface area is 210 Å². The van der Waals surface area contributed by atoms with Crippen LogP contribution in [-0.2, 0) is 25.8 Å². The lowest BCUT2D eigenvalue weighted by molar-refractivity contribution is -0.157. The molecular weight excluding hydrogens is 522 g/mol. The third-order valence-electron chi connectivity index (χ3n) is 5.25. The number of hydrogen-bond acceptors (Lipinski definition) is 15. The number of carboxylic acids is 1. The molecule has 3 atom stereocenters. The van der Waals surface area contributed by atoms with E-state index >= 15 is 0 Å². The van der Waals surface area contributed by atoms with Crippen LogP contribution in [0, 0.1) is 5.41 Å². The fourth-order valence-corrected chi connectivity index (χ4v) is 6.69. The number of nitrogens with zero attached hydrogens (tertiary/aromatic N) is 8. The maximum absolute atomic E-state index is 12.9. The molecule has 0 radical (unpaired) electrons. The third-order valence-corrected chi connectivity index (χ3v) is 8.63. The van der Waals surface area contributed by atoms with Crippen molar-refractivity contribution in [2.24, 2.45) is 16.3 Å². The molecule has 4 rings (SSSR count). The minimum atomic E-state index is -1.22. The minimum absolute atomic E-state index is 0.0140. The number of aliphatic carboxylic acids is 1. The second kappa shape index (κ2) is 10.3. The highest BCUT2D eigenvalue weighted by Crippen LogP contribution is 2.44. The lowest BCUT2D eigenvalue weighted by Crippen LogP contribution is -2.74. The maximum Gasteiger partial charge on any atom is 0.313 e. The zero-order valence-electron chi connectivity index (χ0n) is 18.2. The summed E-state index contributed by atoms with van der Waals surface area (Å²) in [4.78, 5) is 48.0. The van der Waals surface area contributed by atoms with Gasteiger partial charge in [-0.05, 0) is 10.4 Å². The molecule has 16 nitrogen and oxygen atoms in total. The Balaban J connectivity index is 1.42. The normalized spacial score (nSPS) is 24.0. The number of tetrazole rings is 1. The van der Waals surface area contributed by atoms with E-state index in [2.05, 4.69) is 35.4 Å². The summed E-state index contributed by atoms with van der Waals surface area (Å²) < 4.78 is 5.45. The van der Waals surface area contributed by atoms with Crippen molar-refractivity contribution >= 4 is 63.7 Å². The number of carboxylic acid groups (broad SMARTS) is 1. The number of aromatic nitrogens is 6. The summed E-state index contributed by atoms with van der Waals surface area (Å²) in [6.45, 7) is 0.716. The molecule has 2 aromatic rings. The van der Waals surface area contributed by atoms with Gasteiger partial charge in [-0.3, -0.25) is 14.4 Å². The van der Waals surface area contributed by atoms with E-state index in [1.54, 1.807) is 0 Å². The zero-order chi connectivity index (χ0) is 25.2. The highest BCUT2D eigenvalue weighted by Gasteiger charge is 2.57. The van der Waals surface area contributed by atoms with Crippen LogP contribution in [0.2, 0.25) is 0 Å². The highest BCUT2D eigenvalue weighted by atomic mass is 32.2. The Morgan fingerprint density at radius 1 is 1.46 bits per heavy atom. The van der Waals surface area contributed by atoms with Crippen molar-refractivity contribution < 1.29 is 24.3 Å². The number of hydrogen-bond donors (Lipinski definition) is 4. The van der Waals surface area contributed by atoms with Crippen molar-refractivity contribution in [3.63, 3.8) is 0 Å². The average Bonchev–Trinajstić information content (AvgIpc) is 3.48. The molecule has 0 spiro atoms. The van der Waals surface area contributed by atoms with Crippen LogP contribution in [0.1, 0.15) is 5.82 Å². The van der Waals surface area contributed by atoms with E-state index in [9.17, 15) is 19.5 Å². The van der Waals surface area contributed by atoms with Gasteiger partial charge in [-0.2, -0.15) is 9.36 Å². The Hall–Kier alpha value is -3.03. The molecule has 19 heteroatoms. The lowest BCUT2D eigenvalue weighted by Gasteiger charge is -2.53. The van der Waals surface area contributed by atoms with Gasteiger partial charge >= 0.3 is 5.97 Å². The Morgan fingerprint density at radius 3 is 2.91 bits per heavy atom. The van der Waals surface area contributed by atoms with Gasteiger partial charge < -0.3 is 31.6 Å². The number of β-lactam (4-membered cyclic amide) rings is 1. The molecule has 35 heavy (non-hydrogen) atoms. The molecular formula is C16H21N11O5S3. The second-order valence-electron chi connectivity index (χ2n) is 7.54. The molecule has 0 saturated carbocycles. The van der Waals surface area contributed by atoms with Gasteiger partial charge in [0.25, 0.3) is 5.91 Å². The van der Waals surface area contributed by atoms with Crippen molar-refractivity contribution in [3.05, 3.63) is 5.82 Å². The molecule has 2 aromatic heterocycles. The Morgan fingerprint density at radius 2 is 2.26 bits per heavy atom. The standard InChI is InChI=1S/C16H21N11O5S3/c1-32-22-7(9-20-14(18)35-23-9)10(28)19-8-11(29)26-4-16(13(30)31,5-33-12(8)26)6-34-15-21-24-25-27(15)3-2-17/h8,12H,2-6,17H2,1H3,(H,19,28)(H,30,31)(H2,18,20,23)/t8?,12-,16?/m1/s1. The summed E-state index contributed by atoms with van der Waals surface area (Å²) in [7, 11) is 1.26. The van der Waals surface area contributed by atoms with Crippen LogP contribution in [0.25, 0.3) is 0 Å². The van der Waals surface area contributed by atoms with Gasteiger partial charge in [0, 0.05) is 36.1 Å². The van der Waals surface area contributed by atoms with E-state index < -0.39 is 34.6 Å². The van der Waals surface area contributed by atoms with Crippen LogP contribution in [0.15, 0.2) is 10.3 Å². The Kier molecular flexibility index (Phi) is 7.38. The van der Waals surface area contributed by atoms with Crippen LogP contribution in [0.4, 0.5) is 5.13 Å². The van der Waals surface area contributed by atoms with E-state index in [0.29, 0.717) is 18.2 Å². The molecule has 2 unspecified atom stereocenters. The topological polar surface area (TPSA) is 230 Å². The van der Waals surface area contributed by atoms with Crippen molar-refractivity contribution in [1.29, 1.82) is 0 Å². The van der Waals surface area contributed by atoms with Crippen LogP contribution >= 0.6 is 35.1 Å². The van der Waals surface area contributed by atoms with Gasteiger partial charge in [0.05, 0.1) is 6.54 Å². The van der Waals surface area contributed by atoms with Crippen molar-refractivity contribution in [2.45, 2.75) is 23.1 Å². The summed E-state index contributed by atoms with van der Waals surface area (Å²) >= 11 is 3.36. The van der Waals surface area contributed by atoms with Gasteiger partial charge in [0.1, 0.15) is 23.9 Å². The highest BCUT2D eigenvalue weighted by molar-refractivity contribution is 8.00. The molecule has 4 heterocycles. The first-order valence-corrected chi connectivity index (χ1v) is 12.9. The van der Waals surface area contributed by atoms with E-state index in [0.717, 1.165) is 11.5 Å². The van der Waals surface area contributed by atoms with Gasteiger partial charge in [-0.1, -0.05) is 16.9 Å². The van der Waals surface area contributed by atoms with Gasteiger partial charge in [-0.25, -0.2) is 4.68 Å². The molecule has 2 amide bonds. The fourth-order valence-electron chi connectivity index (χ4n) is 3.49. The lowest BCUT2D eigenvalue weighted by atomic mass is 9.89. The van der Waals surface area contributed by atoms with Crippen molar-refractivity contribution in [3.8, 4) is 0 Å². The number of nitrogen functional groups attached to an aromatic ring is 1. The van der Waals surface area contributed by atoms with Crippen LogP contribution in [0.3, 0.4) is 0 Å². The largest absolute Gasteiger partial charge is 0.481 e. The van der Waals surface area contributed by atoms with Gasteiger partial charge in [-0.15, -0.1) is 16.9 Å². The zero-order valence-corrected chi connectivity index (χ0v) is 20.7. The molecule has 2 aliphatic heterocycles. The van der Waals surface area contributed by atoms with Crippen LogP contribution in [-0.4, -0.2) is 106 Å². The predicted octanol–water partition coefficient (Wildman–Crippen LogP) is -2.32. The summed E-state index contributed by atoms with van der Waals surface area (Å²) in [6, 6.07) is -0.859. The van der Waals surface area contributed by atoms with Gasteiger partial charge in [0.2, 0.25) is 22.6 Å². The van der Waals surface area contributed by atoms with Crippen molar-refractivity contribution in [1.82, 2.24) is 39.8 Å². The SMILES string of the molecule is CON=C(C(=O)NC1C(=O)N2CC(CSc3nnnn3CCN)(C(=O)O)CS[C@H]12)c1nsc(N)n1. The number of oxime groups is 1. The van der Waals surface area contributed by atoms with Gasteiger partial charge in [0.15, 0.2) is 5.13 Å². The molecule has 0 bridgehead atoms. The number of thioether (sulfide) groups is 2. The number of carbonyl (C=O) groups excluding carboxylic acids is 2. The second-order valence-corrected chi connectivity index (χ2v) is 10.4. The minimum Gasteiger partial charge on any atom is -0.481 e. The first-order chi connectivity index (χ1) is 16.8. The average molecular weight is 544 g/mol. The molecule has 2 saturated heterocycles. The van der Waals surface area contributed by atoms with Crippen LogP contribution in [0.5, 0.6) is 0 Å². The smallest absolute Gasteiger partial charge is 0.313 e. The number of rotatable bonds is 10. The predicted molar refractivity (Wildman–Crippen MR) is 125 cm³/mol. The van der Waals surface area contributed by atoms with E-state index in [-0.39, 0.29) is 34.7 Å². The molecule has 0 aliphatic carbocycles. The monoisotopic (exact) mass is 543 g/mol. The molecule has 188 valence electrons. The molecule has 2 aliphatic rings. The number of fused-ring (bicyclic) bond motifs is 1. The molecule has 0 aromatic carbocycles. The number of nitrogens with one attached hydrogen (secondary N) is 1. The number of carbonyl (C=O) groups is 3. The quantitative estimate of drug-likeness (QED) is 0.107. The number of amides is 2. The van der Waals surface area contributed by atoms with E-state index in [1.165, 1.54) is 40.2 Å². The van der Waals surface area contributed by atoms with E-state index in [1.807, 2.05) is 0 Å². The maximum atomic E-state index is 12.9. The first-order valence-electron chi connectivity index (χ1n) is 10.1. The number of anilines is 1.